The molecule has 4 aliphatic carbocycles. The van der Waals surface area contributed by atoms with Crippen molar-refractivity contribution in [2.75, 3.05) is 34.5 Å². The number of hydrogen-bond donors (Lipinski definition) is 6. The van der Waals surface area contributed by atoms with Crippen LogP contribution in [-0.4, -0.2) is 197 Å². The Morgan fingerprint density at radius 1 is 0.409 bits per heavy atom. The van der Waals surface area contributed by atoms with Crippen molar-refractivity contribution in [3.05, 3.63) is 189 Å². The van der Waals surface area contributed by atoms with E-state index in [9.17, 15) is 54.2 Å². The number of aliphatic hydroxyl groups is 1. The molecule has 12 heterocycles. The number of esters is 2. The highest BCUT2D eigenvalue weighted by Gasteiger charge is 2.39. The number of H-pyrrole nitrogens is 1. The lowest BCUT2D eigenvalue weighted by atomic mass is 9.92. The van der Waals surface area contributed by atoms with Gasteiger partial charge in [0.25, 0.3) is 23.8 Å². The molecule has 16 rings (SSSR count). The summed E-state index contributed by atoms with van der Waals surface area (Å²) >= 11 is 3.37. The SMILES string of the molecule is CCOC(=O)c1ccn(-c2nc(CBr)cc(NC3CCC(F)(F)CC3)n2)n1.CCOC(=O)c1ccn(-c2nc(Cn3nc(C)cc3C)cc(NC3CCC(F)(F)CC3)n2)n1.Cc1cc(C)[nH]n1.Cc1cc(C)n(Cc2cc(NC3CCC(F)(F)CC3)nc(-n3ccc(CF)n3)n2)n1.Cc1cc(C)n(Cc2cc(NC3CCC(F)(F)CC3)nc(-n3ccc(CO)n3)n2)n1. The number of hydrogen-bond acceptors (Lipinski definition) is 25. The molecule has 0 aliphatic heterocycles. The van der Waals surface area contributed by atoms with Crippen LogP contribution in [0.2, 0.25) is 0 Å². The molecule has 0 bridgehead atoms. The lowest BCUT2D eigenvalue weighted by Gasteiger charge is -2.29. The van der Waals surface area contributed by atoms with Crippen LogP contribution in [0, 0.1) is 55.4 Å². The van der Waals surface area contributed by atoms with E-state index in [0.717, 1.165) is 51.2 Å². The van der Waals surface area contributed by atoms with Crippen LogP contribution in [-0.2, 0) is 47.7 Å². The first-order valence-corrected chi connectivity index (χ1v) is 43.1. The van der Waals surface area contributed by atoms with Crippen molar-refractivity contribution in [3.63, 3.8) is 0 Å². The van der Waals surface area contributed by atoms with Crippen LogP contribution >= 0.6 is 15.9 Å². The van der Waals surface area contributed by atoms with Crippen LogP contribution < -0.4 is 21.3 Å². The first-order valence-electron chi connectivity index (χ1n) is 41.9. The van der Waals surface area contributed by atoms with Crippen LogP contribution in [0.15, 0.2) is 97.6 Å². The van der Waals surface area contributed by atoms with E-state index in [4.69, 9.17) is 9.47 Å². The van der Waals surface area contributed by atoms with Crippen molar-refractivity contribution < 1.29 is 63.7 Å². The Morgan fingerprint density at radius 2 is 0.709 bits per heavy atom. The number of aryl methyl sites for hydroxylation is 8. The first-order chi connectivity index (χ1) is 60.5. The van der Waals surface area contributed by atoms with E-state index in [0.29, 0.717) is 128 Å². The van der Waals surface area contributed by atoms with Crippen LogP contribution in [0.25, 0.3) is 23.8 Å². The second kappa shape index (κ2) is 42.0. The van der Waals surface area contributed by atoms with Crippen molar-refractivity contribution >= 4 is 51.1 Å². The van der Waals surface area contributed by atoms with Crippen LogP contribution in [0.5, 0.6) is 0 Å². The van der Waals surface area contributed by atoms with E-state index in [2.05, 4.69) is 123 Å². The van der Waals surface area contributed by atoms with E-state index in [-0.39, 0.29) is 130 Å². The average molecular weight is 1840 g/mol. The Hall–Kier alpha value is -12.1. The molecule has 0 atom stereocenters. The summed E-state index contributed by atoms with van der Waals surface area (Å²) in [7, 11) is 0. The summed E-state index contributed by atoms with van der Waals surface area (Å²) in [5.41, 5.74) is 11.8. The smallest absolute Gasteiger partial charge is 0.358 e. The molecular formula is C84H104BrF9N28O5. The Morgan fingerprint density at radius 3 is 0.961 bits per heavy atom. The Bertz CT molecular complexity index is 5440. The summed E-state index contributed by atoms with van der Waals surface area (Å²) in [6, 6.07) is 21.1. The monoisotopic (exact) mass is 1830 g/mol. The fourth-order valence-electron chi connectivity index (χ4n) is 14.6. The molecule has 6 N–H and O–H groups in total. The van der Waals surface area contributed by atoms with E-state index in [1.807, 2.05) is 99.8 Å². The molecule has 43 heteroatoms. The first kappa shape index (κ1) is 94.1. The van der Waals surface area contributed by atoms with Crippen molar-refractivity contribution in [2.45, 2.75) is 258 Å². The number of carbonyl (C=O) groups is 2. The molecule has 12 aromatic heterocycles. The second-order valence-corrected chi connectivity index (χ2v) is 32.4. The highest BCUT2D eigenvalue weighted by molar-refractivity contribution is 9.08. The number of aromatic nitrogens is 24. The van der Waals surface area contributed by atoms with Crippen molar-refractivity contribution in [3.8, 4) is 23.8 Å². The molecule has 0 radical (unpaired) electrons. The number of alkyl halides is 10. The molecule has 127 heavy (non-hydrogen) atoms. The second-order valence-electron chi connectivity index (χ2n) is 31.9. The van der Waals surface area contributed by atoms with Crippen molar-refractivity contribution in [2.24, 2.45) is 0 Å². The topological polar surface area (TPSA) is 377 Å². The van der Waals surface area contributed by atoms with Gasteiger partial charge in [0.15, 0.2) is 11.4 Å². The molecule has 4 fully saturated rings. The predicted molar refractivity (Wildman–Crippen MR) is 456 cm³/mol. The van der Waals surface area contributed by atoms with Crippen LogP contribution in [0.1, 0.15) is 217 Å². The van der Waals surface area contributed by atoms with Gasteiger partial charge < -0.3 is 35.8 Å². The quantitative estimate of drug-likeness (QED) is 0.0176. The molecule has 4 saturated carbocycles. The fraction of sp³-hybridized carbons (Fsp3) is 0.500. The van der Waals surface area contributed by atoms with Crippen molar-refractivity contribution in [1.29, 1.82) is 0 Å². The molecular weight excluding hydrogens is 1730 g/mol. The number of nitrogens with one attached hydrogen (secondary N) is 5. The number of aliphatic hydroxyl groups excluding tert-OH is 1. The van der Waals surface area contributed by atoms with E-state index < -0.39 is 42.3 Å². The third-order valence-electron chi connectivity index (χ3n) is 21.1. The number of nitrogens with zero attached hydrogens (tertiary/aromatic N) is 23. The molecule has 0 spiro atoms. The fourth-order valence-corrected chi connectivity index (χ4v) is 14.9. The van der Waals surface area contributed by atoms with Crippen LogP contribution in [0.3, 0.4) is 0 Å². The van der Waals surface area contributed by atoms with Gasteiger partial charge >= 0.3 is 11.9 Å². The number of anilines is 4. The summed E-state index contributed by atoms with van der Waals surface area (Å²) < 4.78 is 142. The third-order valence-corrected chi connectivity index (χ3v) is 21.7. The zero-order valence-electron chi connectivity index (χ0n) is 72.2. The highest BCUT2D eigenvalue weighted by atomic mass is 79.9. The van der Waals surface area contributed by atoms with E-state index in [1.54, 1.807) is 69.0 Å². The zero-order chi connectivity index (χ0) is 90.9. The van der Waals surface area contributed by atoms with Gasteiger partial charge in [-0.2, -0.15) is 60.7 Å². The Kier molecular flexibility index (Phi) is 31.1. The molecule has 0 aromatic carbocycles. The summed E-state index contributed by atoms with van der Waals surface area (Å²) in [6.07, 6.45) is 8.33. The summed E-state index contributed by atoms with van der Waals surface area (Å²) in [4.78, 5) is 59.9. The maximum absolute atomic E-state index is 13.6. The molecule has 0 amide bonds. The number of ether oxygens (including phenoxy) is 2. The predicted octanol–water partition coefficient (Wildman–Crippen LogP) is 15.4. The number of rotatable bonds is 25. The summed E-state index contributed by atoms with van der Waals surface area (Å²) in [5, 5.41) is 59.8. The summed E-state index contributed by atoms with van der Waals surface area (Å²) in [5.74, 6) is -8.07. The minimum atomic E-state index is -2.60. The normalized spacial score (nSPS) is 16.2. The molecule has 680 valence electrons. The zero-order valence-corrected chi connectivity index (χ0v) is 73.7. The lowest BCUT2D eigenvalue weighted by Crippen LogP contribution is -2.32. The standard InChI is InChI=1S/C22H27F2N7O2.C20H24F3N7.C20H25F2N7O.C17H20BrF2N5O2.C5H8N2/c1-4-33-20(32)18-7-10-30(29-18)21-26-17(13-31-15(3)11-14(2)28-31)12-19(27-21)25-16-5-8-22(23,24)9-6-16;1-13-9-14(2)30(27-13)12-17-10-18(24-15-3-6-20(22,23)7-4-15)26-19(25-17)29-8-5-16(11-21)28-29;1-13-9-14(2)29(26-13)11-17-10-18(23-15-3-6-20(21,22)7-4-15)25-19(24-17)28-8-5-16(12-30)27-28;1-2-27-15(26)13-5-8-25(24-13)16-22-12(10-18)9-14(23-16)21-11-3-6-17(19,20)7-4-11;1-4-3-5(2)7-6-4/h7,10-12,16H,4-6,8-9,13H2,1-3H3,(H,25,26,27);5,8-10,15H,3-4,6-7,11-12H2,1-2H3,(H,24,25,26);5,8-10,15,30H,3-4,6-7,11-12H2,1-2H3,(H,23,24,25);5,8-9,11H,2-4,6-7,10H2,1H3,(H,21,22,23);3H,1-2H3,(H,6,7). The van der Waals surface area contributed by atoms with Gasteiger partial charge in [-0.25, -0.2) is 87.8 Å². The minimum absolute atomic E-state index is 0.0664. The largest absolute Gasteiger partial charge is 0.461 e. The van der Waals surface area contributed by atoms with Gasteiger partial charge in [-0.1, -0.05) is 15.9 Å². The number of aromatic amines is 1. The van der Waals surface area contributed by atoms with Gasteiger partial charge in [-0.3, -0.25) is 19.1 Å². The van der Waals surface area contributed by atoms with Gasteiger partial charge in [0, 0.05) is 153 Å². The van der Waals surface area contributed by atoms with E-state index in [1.165, 1.54) is 30.9 Å². The molecule has 12 aromatic rings. The van der Waals surface area contributed by atoms with Gasteiger partial charge in [0.2, 0.25) is 23.7 Å². The van der Waals surface area contributed by atoms with Gasteiger partial charge in [-0.15, -0.1) is 0 Å². The van der Waals surface area contributed by atoms with E-state index >= 15 is 0 Å². The van der Waals surface area contributed by atoms with Gasteiger partial charge in [-0.05, 0) is 169 Å². The molecule has 33 nitrogen and oxygen atoms in total. The Labute approximate surface area is 734 Å². The van der Waals surface area contributed by atoms with Gasteiger partial charge in [0.05, 0.1) is 96.4 Å². The van der Waals surface area contributed by atoms with Gasteiger partial charge in [0.1, 0.15) is 29.9 Å². The van der Waals surface area contributed by atoms with Crippen LogP contribution in [0.4, 0.5) is 62.8 Å². The average Bonchev–Trinajstić information content (AvgIpc) is 1.74. The third kappa shape index (κ3) is 27.2. The molecule has 0 saturated heterocycles. The number of carbonyl (C=O) groups excluding carboxylic acids is 2. The Balaban J connectivity index is 0.000000150. The maximum Gasteiger partial charge on any atom is 0.358 e. The maximum atomic E-state index is 13.6. The molecule has 0 unspecified atom stereocenters. The lowest BCUT2D eigenvalue weighted by molar-refractivity contribution is -0.0366. The number of halogens is 10. The molecule has 4 aliphatic rings. The van der Waals surface area contributed by atoms with Crippen molar-refractivity contribution in [1.82, 2.24) is 119 Å². The highest BCUT2D eigenvalue weighted by Crippen LogP contribution is 2.38. The minimum Gasteiger partial charge on any atom is -0.461 e. The summed E-state index contributed by atoms with van der Waals surface area (Å²) in [6.45, 7) is 20.0.